The van der Waals surface area contributed by atoms with Crippen molar-refractivity contribution in [2.45, 2.75) is 26.3 Å². The van der Waals surface area contributed by atoms with Crippen LogP contribution in [0.15, 0.2) is 42.7 Å². The average molecular weight is 294 g/mol. The van der Waals surface area contributed by atoms with Gasteiger partial charge in [-0.15, -0.1) is 0 Å². The number of anilines is 2. The van der Waals surface area contributed by atoms with E-state index in [1.165, 1.54) is 6.20 Å². The van der Waals surface area contributed by atoms with Crippen molar-refractivity contribution in [1.29, 1.82) is 5.26 Å². The molecule has 0 saturated heterocycles. The Morgan fingerprint density at radius 2 is 1.82 bits per heavy atom. The smallest absolute Gasteiger partial charge is 0.253 e. The Morgan fingerprint density at radius 3 is 2.41 bits per heavy atom. The first-order chi connectivity index (χ1) is 10.4. The summed E-state index contributed by atoms with van der Waals surface area (Å²) in [7, 11) is 0. The molecule has 5 heteroatoms. The van der Waals surface area contributed by atoms with Gasteiger partial charge in [-0.3, -0.25) is 9.78 Å². The highest BCUT2D eigenvalue weighted by molar-refractivity contribution is 5.95. The van der Waals surface area contributed by atoms with E-state index in [1.54, 1.807) is 36.5 Å². The van der Waals surface area contributed by atoms with E-state index in [1.807, 2.05) is 20.8 Å². The van der Waals surface area contributed by atoms with Crippen molar-refractivity contribution in [2.75, 3.05) is 5.32 Å². The lowest BCUT2D eigenvalue weighted by Crippen LogP contribution is -2.40. The molecular formula is C17H18N4O. The van der Waals surface area contributed by atoms with Crippen LogP contribution >= 0.6 is 0 Å². The molecular weight excluding hydrogens is 276 g/mol. The zero-order valence-corrected chi connectivity index (χ0v) is 12.8. The summed E-state index contributed by atoms with van der Waals surface area (Å²) in [5, 5.41) is 14.8. The third-order valence-electron chi connectivity index (χ3n) is 2.79. The minimum atomic E-state index is -0.298. The fourth-order valence-corrected chi connectivity index (χ4v) is 1.84. The maximum Gasteiger partial charge on any atom is 0.253 e. The second-order valence-electron chi connectivity index (χ2n) is 5.98. The Bertz CT molecular complexity index is 709. The van der Waals surface area contributed by atoms with Crippen molar-refractivity contribution in [3.8, 4) is 6.07 Å². The fourth-order valence-electron chi connectivity index (χ4n) is 1.84. The topological polar surface area (TPSA) is 77.8 Å². The van der Waals surface area contributed by atoms with Gasteiger partial charge in [0, 0.05) is 17.4 Å². The minimum Gasteiger partial charge on any atom is -0.354 e. The van der Waals surface area contributed by atoms with Crippen LogP contribution in [0, 0.1) is 11.3 Å². The first kappa shape index (κ1) is 15.5. The van der Waals surface area contributed by atoms with E-state index in [0.29, 0.717) is 16.8 Å². The van der Waals surface area contributed by atoms with Crippen LogP contribution in [-0.4, -0.2) is 16.4 Å². The van der Waals surface area contributed by atoms with Gasteiger partial charge >= 0.3 is 0 Å². The molecule has 0 saturated carbocycles. The molecule has 0 aliphatic rings. The second-order valence-corrected chi connectivity index (χ2v) is 5.98. The van der Waals surface area contributed by atoms with Gasteiger partial charge in [0.1, 0.15) is 0 Å². The first-order valence-corrected chi connectivity index (χ1v) is 6.92. The molecule has 1 aromatic carbocycles. The van der Waals surface area contributed by atoms with Crippen molar-refractivity contribution in [3.63, 3.8) is 0 Å². The Hall–Kier alpha value is -2.87. The third-order valence-corrected chi connectivity index (χ3v) is 2.79. The summed E-state index contributed by atoms with van der Waals surface area (Å²) in [5.41, 5.74) is 2.34. The minimum absolute atomic E-state index is 0.163. The van der Waals surface area contributed by atoms with Crippen molar-refractivity contribution < 1.29 is 4.79 Å². The third kappa shape index (κ3) is 4.32. The van der Waals surface area contributed by atoms with Gasteiger partial charge in [0.05, 0.1) is 29.1 Å². The molecule has 0 radical (unpaired) electrons. The fraction of sp³-hybridized carbons (Fsp3) is 0.235. The molecule has 5 nitrogen and oxygen atoms in total. The Morgan fingerprint density at radius 1 is 1.14 bits per heavy atom. The number of hydrogen-bond acceptors (Lipinski definition) is 4. The van der Waals surface area contributed by atoms with Crippen LogP contribution in [0.25, 0.3) is 0 Å². The lowest BCUT2D eigenvalue weighted by molar-refractivity contribution is 0.0919. The second kappa shape index (κ2) is 6.27. The number of pyridine rings is 1. The van der Waals surface area contributed by atoms with Crippen LogP contribution in [0.4, 0.5) is 11.4 Å². The number of carbonyl (C=O) groups is 1. The molecule has 22 heavy (non-hydrogen) atoms. The molecule has 2 N–H and O–H groups in total. The van der Waals surface area contributed by atoms with Crippen LogP contribution in [0.2, 0.25) is 0 Å². The van der Waals surface area contributed by atoms with E-state index in [4.69, 9.17) is 5.26 Å². The molecule has 0 spiro atoms. The number of amides is 1. The van der Waals surface area contributed by atoms with E-state index in [2.05, 4.69) is 21.7 Å². The van der Waals surface area contributed by atoms with E-state index in [-0.39, 0.29) is 11.4 Å². The molecule has 0 atom stereocenters. The van der Waals surface area contributed by atoms with Gasteiger partial charge in [0.2, 0.25) is 0 Å². The van der Waals surface area contributed by atoms with Crippen molar-refractivity contribution in [3.05, 3.63) is 53.9 Å². The Labute approximate surface area is 130 Å². The molecule has 0 bridgehead atoms. The Kier molecular flexibility index (Phi) is 4.42. The van der Waals surface area contributed by atoms with Crippen molar-refractivity contribution >= 4 is 17.3 Å². The number of nitriles is 1. The predicted octanol–water partition coefficient (Wildman–Crippen LogP) is 3.23. The molecule has 0 unspecified atom stereocenters. The summed E-state index contributed by atoms with van der Waals surface area (Å²) in [4.78, 5) is 16.2. The highest BCUT2D eigenvalue weighted by Gasteiger charge is 2.15. The molecule has 112 valence electrons. The number of rotatable bonds is 3. The maximum atomic E-state index is 12.1. The highest BCUT2D eigenvalue weighted by Crippen LogP contribution is 2.17. The average Bonchev–Trinajstić information content (AvgIpc) is 2.46. The van der Waals surface area contributed by atoms with E-state index in [9.17, 15) is 4.79 Å². The lowest BCUT2D eigenvalue weighted by atomic mass is 10.1. The maximum absolute atomic E-state index is 12.1. The molecule has 0 aliphatic carbocycles. The number of aromatic nitrogens is 1. The van der Waals surface area contributed by atoms with Crippen LogP contribution in [0.5, 0.6) is 0 Å². The zero-order valence-electron chi connectivity index (χ0n) is 12.8. The van der Waals surface area contributed by atoms with Crippen LogP contribution < -0.4 is 10.6 Å². The van der Waals surface area contributed by atoms with Gasteiger partial charge in [-0.05, 0) is 51.1 Å². The van der Waals surface area contributed by atoms with Crippen LogP contribution in [0.3, 0.4) is 0 Å². The number of nitrogens with zero attached hydrogens (tertiary/aromatic N) is 2. The molecule has 2 aromatic rings. The summed E-state index contributed by atoms with van der Waals surface area (Å²) in [6, 6.07) is 10.9. The zero-order chi connectivity index (χ0) is 16.2. The monoisotopic (exact) mass is 294 g/mol. The van der Waals surface area contributed by atoms with Crippen LogP contribution in [-0.2, 0) is 0 Å². The summed E-state index contributed by atoms with van der Waals surface area (Å²) >= 11 is 0. The quantitative estimate of drug-likeness (QED) is 0.911. The van der Waals surface area contributed by atoms with Gasteiger partial charge in [0.15, 0.2) is 0 Å². The summed E-state index contributed by atoms with van der Waals surface area (Å²) in [6.07, 6.45) is 3.18. The number of benzene rings is 1. The van der Waals surface area contributed by atoms with Gasteiger partial charge in [-0.25, -0.2) is 0 Å². The molecule has 2 rings (SSSR count). The standard InChI is InChI=1S/C17H18N4O/c1-17(2,3)21-16(22)13-8-15(11-19-10-13)20-14-6-4-12(9-18)5-7-14/h4-8,10-11,20H,1-3H3,(H,21,22). The molecule has 1 aromatic heterocycles. The van der Waals surface area contributed by atoms with Gasteiger partial charge in [0.25, 0.3) is 5.91 Å². The van der Waals surface area contributed by atoms with Gasteiger partial charge in [-0.2, -0.15) is 5.26 Å². The summed E-state index contributed by atoms with van der Waals surface area (Å²) in [5.74, 6) is -0.163. The number of hydrogen-bond donors (Lipinski definition) is 2. The van der Waals surface area contributed by atoms with E-state index in [0.717, 1.165) is 5.69 Å². The van der Waals surface area contributed by atoms with Crippen molar-refractivity contribution in [1.82, 2.24) is 10.3 Å². The molecule has 1 amide bonds. The lowest BCUT2D eigenvalue weighted by Gasteiger charge is -2.20. The number of carbonyl (C=O) groups excluding carboxylic acids is 1. The van der Waals surface area contributed by atoms with Crippen molar-refractivity contribution in [2.24, 2.45) is 0 Å². The van der Waals surface area contributed by atoms with Gasteiger partial charge < -0.3 is 10.6 Å². The van der Waals surface area contributed by atoms with Crippen LogP contribution in [0.1, 0.15) is 36.7 Å². The van der Waals surface area contributed by atoms with E-state index < -0.39 is 0 Å². The SMILES string of the molecule is CC(C)(C)NC(=O)c1cncc(Nc2ccc(C#N)cc2)c1. The van der Waals surface area contributed by atoms with E-state index >= 15 is 0 Å². The normalized spacial score (nSPS) is 10.6. The highest BCUT2D eigenvalue weighted by atomic mass is 16.1. The first-order valence-electron chi connectivity index (χ1n) is 6.92. The predicted molar refractivity (Wildman–Crippen MR) is 85.9 cm³/mol. The summed E-state index contributed by atoms with van der Waals surface area (Å²) in [6.45, 7) is 5.78. The molecule has 0 fully saturated rings. The summed E-state index contributed by atoms with van der Waals surface area (Å²) < 4.78 is 0. The number of nitrogens with one attached hydrogen (secondary N) is 2. The molecule has 1 heterocycles. The van der Waals surface area contributed by atoms with Gasteiger partial charge in [-0.1, -0.05) is 0 Å². The molecule has 0 aliphatic heterocycles. The largest absolute Gasteiger partial charge is 0.354 e. The Balaban J connectivity index is 2.14.